The second-order valence-corrected chi connectivity index (χ2v) is 5.39. The molecule has 19 heavy (non-hydrogen) atoms. The van der Waals surface area contributed by atoms with E-state index in [1.165, 1.54) is 22.5 Å². The maximum atomic E-state index is 11.9. The third-order valence-electron chi connectivity index (χ3n) is 2.90. The first-order valence-corrected chi connectivity index (χ1v) is 6.97. The monoisotopic (exact) mass is 275 g/mol. The second kappa shape index (κ2) is 5.95. The van der Waals surface area contributed by atoms with Crippen molar-refractivity contribution in [3.05, 3.63) is 51.0 Å². The molecule has 0 bridgehead atoms. The lowest BCUT2D eigenvalue weighted by Gasteiger charge is -2.07. The Morgan fingerprint density at radius 3 is 2.84 bits per heavy atom. The molecule has 0 aliphatic rings. The molecule has 0 fully saturated rings. The average Bonchev–Trinajstić information content (AvgIpc) is 2.86. The van der Waals surface area contributed by atoms with E-state index in [2.05, 4.69) is 23.3 Å². The molecule has 0 aliphatic heterocycles. The number of aromatic nitrogens is 1. The van der Waals surface area contributed by atoms with Gasteiger partial charge in [0, 0.05) is 18.5 Å². The molecule has 3 N–H and O–H groups in total. The van der Waals surface area contributed by atoms with Gasteiger partial charge in [0.05, 0.1) is 0 Å². The van der Waals surface area contributed by atoms with Crippen LogP contribution >= 0.6 is 11.3 Å². The maximum absolute atomic E-state index is 11.9. The molecule has 1 heterocycles. The highest BCUT2D eigenvalue weighted by Gasteiger charge is 2.10. The van der Waals surface area contributed by atoms with Crippen molar-refractivity contribution in [2.45, 2.75) is 26.9 Å². The molecular weight excluding hydrogens is 258 g/mol. The van der Waals surface area contributed by atoms with Gasteiger partial charge in [0.2, 0.25) is 0 Å². The van der Waals surface area contributed by atoms with Gasteiger partial charge in [-0.3, -0.25) is 4.79 Å². The molecule has 1 aromatic heterocycles. The predicted molar refractivity (Wildman–Crippen MR) is 77.1 cm³/mol. The van der Waals surface area contributed by atoms with Gasteiger partial charge in [-0.2, -0.15) is 0 Å². The molecule has 0 radical (unpaired) electrons. The van der Waals surface area contributed by atoms with E-state index < -0.39 is 0 Å². The van der Waals surface area contributed by atoms with Gasteiger partial charge >= 0.3 is 0 Å². The van der Waals surface area contributed by atoms with E-state index in [1.807, 2.05) is 19.1 Å². The van der Waals surface area contributed by atoms with Crippen LogP contribution in [0.2, 0.25) is 0 Å². The van der Waals surface area contributed by atoms with E-state index in [1.54, 1.807) is 5.38 Å². The zero-order valence-electron chi connectivity index (χ0n) is 11.1. The van der Waals surface area contributed by atoms with Crippen LogP contribution in [-0.4, -0.2) is 10.9 Å². The van der Waals surface area contributed by atoms with E-state index in [9.17, 15) is 4.79 Å². The lowest BCUT2D eigenvalue weighted by Crippen LogP contribution is -2.23. The highest BCUT2D eigenvalue weighted by atomic mass is 32.1. The Hall–Kier alpha value is -1.72. The fraction of sp³-hybridized carbons (Fsp3) is 0.286. The fourth-order valence-corrected chi connectivity index (χ4v) is 2.47. The van der Waals surface area contributed by atoms with E-state index in [4.69, 9.17) is 5.73 Å². The average molecular weight is 275 g/mol. The van der Waals surface area contributed by atoms with Gasteiger partial charge in [0.15, 0.2) is 0 Å². The van der Waals surface area contributed by atoms with Crippen molar-refractivity contribution in [2.24, 2.45) is 5.73 Å². The highest BCUT2D eigenvalue weighted by molar-refractivity contribution is 7.09. The third kappa shape index (κ3) is 3.39. The summed E-state index contributed by atoms with van der Waals surface area (Å²) >= 11 is 1.41. The van der Waals surface area contributed by atoms with Gasteiger partial charge in [-0.1, -0.05) is 23.8 Å². The first-order valence-electron chi connectivity index (χ1n) is 6.09. The normalized spacial score (nSPS) is 10.5. The van der Waals surface area contributed by atoms with Gasteiger partial charge in [-0.25, -0.2) is 4.98 Å². The molecule has 0 saturated carbocycles. The Kier molecular flexibility index (Phi) is 4.29. The standard InChI is InChI=1S/C14H17N3OS/c1-9-3-4-11(10(2)5-9)7-16-14(18)12-8-19-13(6-15)17-12/h3-5,8H,6-7,15H2,1-2H3,(H,16,18). The van der Waals surface area contributed by atoms with Crippen LogP contribution in [0, 0.1) is 13.8 Å². The van der Waals surface area contributed by atoms with E-state index in [-0.39, 0.29) is 5.91 Å². The van der Waals surface area contributed by atoms with Crippen molar-refractivity contribution in [1.29, 1.82) is 0 Å². The first-order chi connectivity index (χ1) is 9.10. The van der Waals surface area contributed by atoms with Gasteiger partial charge in [0.1, 0.15) is 10.7 Å². The summed E-state index contributed by atoms with van der Waals surface area (Å²) in [6.45, 7) is 4.98. The molecule has 0 saturated heterocycles. The summed E-state index contributed by atoms with van der Waals surface area (Å²) in [6.07, 6.45) is 0. The number of amides is 1. The van der Waals surface area contributed by atoms with Crippen molar-refractivity contribution in [1.82, 2.24) is 10.3 Å². The van der Waals surface area contributed by atoms with E-state index in [0.717, 1.165) is 10.6 Å². The Bertz CT molecular complexity index is 592. The molecular formula is C14H17N3OS. The van der Waals surface area contributed by atoms with Gasteiger partial charge in [0.25, 0.3) is 5.91 Å². The summed E-state index contributed by atoms with van der Waals surface area (Å²) in [5.74, 6) is -0.157. The number of hydrogen-bond acceptors (Lipinski definition) is 4. The zero-order chi connectivity index (χ0) is 13.8. The number of carbonyl (C=O) groups is 1. The first kappa shape index (κ1) is 13.7. The number of aryl methyl sites for hydroxylation is 2. The number of hydrogen-bond donors (Lipinski definition) is 2. The smallest absolute Gasteiger partial charge is 0.271 e. The summed E-state index contributed by atoms with van der Waals surface area (Å²) < 4.78 is 0. The summed E-state index contributed by atoms with van der Waals surface area (Å²) in [5.41, 5.74) is 9.44. The number of benzene rings is 1. The van der Waals surface area contributed by atoms with Gasteiger partial charge in [-0.15, -0.1) is 11.3 Å². The van der Waals surface area contributed by atoms with Crippen LogP contribution in [0.3, 0.4) is 0 Å². The van der Waals surface area contributed by atoms with Gasteiger partial charge < -0.3 is 11.1 Å². The molecule has 0 aliphatic carbocycles. The van der Waals surface area contributed by atoms with E-state index >= 15 is 0 Å². The SMILES string of the molecule is Cc1ccc(CNC(=O)c2csc(CN)n2)c(C)c1. The largest absolute Gasteiger partial charge is 0.347 e. The van der Waals surface area contributed by atoms with Crippen LogP contribution in [0.1, 0.15) is 32.2 Å². The number of nitrogens with zero attached hydrogens (tertiary/aromatic N) is 1. The maximum Gasteiger partial charge on any atom is 0.271 e. The predicted octanol–water partition coefficient (Wildman–Crippen LogP) is 2.15. The number of nitrogens with one attached hydrogen (secondary N) is 1. The van der Waals surface area contributed by atoms with Gasteiger partial charge in [-0.05, 0) is 25.0 Å². The van der Waals surface area contributed by atoms with Crippen molar-refractivity contribution < 1.29 is 4.79 Å². The minimum atomic E-state index is -0.157. The van der Waals surface area contributed by atoms with Crippen LogP contribution in [0.15, 0.2) is 23.6 Å². The van der Waals surface area contributed by atoms with Crippen molar-refractivity contribution in [2.75, 3.05) is 0 Å². The number of carbonyl (C=O) groups excluding carboxylic acids is 1. The molecule has 0 unspecified atom stereocenters. The fourth-order valence-electron chi connectivity index (χ4n) is 1.82. The molecule has 0 spiro atoms. The van der Waals surface area contributed by atoms with Crippen molar-refractivity contribution in [3.8, 4) is 0 Å². The number of nitrogens with two attached hydrogens (primary N) is 1. The minimum Gasteiger partial charge on any atom is -0.347 e. The molecule has 5 heteroatoms. The van der Waals surface area contributed by atoms with Crippen LogP contribution in [-0.2, 0) is 13.1 Å². The Morgan fingerprint density at radius 1 is 1.42 bits per heavy atom. The Labute approximate surface area is 116 Å². The molecule has 2 rings (SSSR count). The second-order valence-electron chi connectivity index (χ2n) is 4.44. The van der Waals surface area contributed by atoms with Crippen molar-refractivity contribution in [3.63, 3.8) is 0 Å². The summed E-state index contributed by atoms with van der Waals surface area (Å²) in [7, 11) is 0. The van der Waals surface area contributed by atoms with Crippen LogP contribution in [0.25, 0.3) is 0 Å². The highest BCUT2D eigenvalue weighted by Crippen LogP contribution is 2.11. The topological polar surface area (TPSA) is 68.0 Å². The summed E-state index contributed by atoms with van der Waals surface area (Å²) in [6, 6.07) is 6.19. The number of rotatable bonds is 4. The molecule has 4 nitrogen and oxygen atoms in total. The van der Waals surface area contributed by atoms with Crippen LogP contribution in [0.5, 0.6) is 0 Å². The lowest BCUT2D eigenvalue weighted by molar-refractivity contribution is 0.0946. The molecule has 1 aromatic carbocycles. The minimum absolute atomic E-state index is 0.157. The number of thiazole rings is 1. The van der Waals surface area contributed by atoms with E-state index in [0.29, 0.717) is 18.8 Å². The quantitative estimate of drug-likeness (QED) is 0.898. The van der Waals surface area contributed by atoms with Crippen molar-refractivity contribution >= 4 is 17.2 Å². The molecule has 2 aromatic rings. The Morgan fingerprint density at radius 2 is 2.21 bits per heavy atom. The Balaban J connectivity index is 2.00. The van der Waals surface area contributed by atoms with Crippen LogP contribution < -0.4 is 11.1 Å². The summed E-state index contributed by atoms with van der Waals surface area (Å²) in [4.78, 5) is 16.1. The lowest BCUT2D eigenvalue weighted by atomic mass is 10.1. The molecule has 100 valence electrons. The molecule has 0 atom stereocenters. The third-order valence-corrected chi connectivity index (χ3v) is 3.77. The molecule has 1 amide bonds. The summed E-state index contributed by atoms with van der Waals surface area (Å²) in [5, 5.41) is 5.39. The van der Waals surface area contributed by atoms with Crippen LogP contribution in [0.4, 0.5) is 0 Å². The zero-order valence-corrected chi connectivity index (χ0v) is 11.9.